The number of aromatic nitrogens is 4. The van der Waals surface area contributed by atoms with Gasteiger partial charge in [-0.3, -0.25) is 20.6 Å². The normalized spacial score (nSPS) is 12.9. The van der Waals surface area contributed by atoms with Crippen LogP contribution in [0.3, 0.4) is 0 Å². The Balaban J connectivity index is 2.31. The molecule has 0 fully saturated rings. The van der Waals surface area contributed by atoms with Crippen molar-refractivity contribution in [3.63, 3.8) is 0 Å². The molecule has 19 heavy (non-hydrogen) atoms. The molecule has 2 heterocycles. The van der Waals surface area contributed by atoms with Crippen molar-refractivity contribution in [1.82, 2.24) is 25.0 Å². The molecule has 7 heteroatoms. The van der Waals surface area contributed by atoms with Crippen molar-refractivity contribution in [3.8, 4) is 0 Å². The molecule has 0 saturated heterocycles. The van der Waals surface area contributed by atoms with Gasteiger partial charge in [-0.05, 0) is 35.8 Å². The highest BCUT2D eigenvalue weighted by Gasteiger charge is 2.20. The first kappa shape index (κ1) is 14.2. The van der Waals surface area contributed by atoms with Crippen LogP contribution in [0.4, 0.5) is 0 Å². The molecule has 0 spiro atoms. The van der Waals surface area contributed by atoms with Crippen LogP contribution in [0.15, 0.2) is 10.5 Å². The van der Waals surface area contributed by atoms with Gasteiger partial charge < -0.3 is 0 Å². The zero-order valence-corrected chi connectivity index (χ0v) is 13.2. The molecule has 2 aromatic heterocycles. The first-order chi connectivity index (χ1) is 8.93. The zero-order chi connectivity index (χ0) is 14.2. The zero-order valence-electron chi connectivity index (χ0n) is 11.6. The van der Waals surface area contributed by atoms with Gasteiger partial charge in [0.25, 0.3) is 0 Å². The Hall–Kier alpha value is -1.18. The van der Waals surface area contributed by atoms with E-state index >= 15 is 0 Å². The minimum Gasteiger partial charge on any atom is -0.271 e. The summed E-state index contributed by atoms with van der Waals surface area (Å²) in [4.78, 5) is 0. The summed E-state index contributed by atoms with van der Waals surface area (Å²) in [5.41, 5.74) is 7.00. The van der Waals surface area contributed by atoms with Gasteiger partial charge in [0.05, 0.1) is 33.3 Å². The van der Waals surface area contributed by atoms with Gasteiger partial charge in [0.2, 0.25) is 0 Å². The molecule has 1 unspecified atom stereocenters. The molecule has 0 radical (unpaired) electrons. The van der Waals surface area contributed by atoms with Crippen molar-refractivity contribution in [2.45, 2.75) is 26.3 Å². The number of hydrazine groups is 1. The van der Waals surface area contributed by atoms with E-state index in [1.165, 1.54) is 0 Å². The average molecular weight is 327 g/mol. The summed E-state index contributed by atoms with van der Waals surface area (Å²) in [5.74, 6) is 5.70. The molecule has 2 aromatic rings. The van der Waals surface area contributed by atoms with Crippen molar-refractivity contribution in [1.29, 1.82) is 0 Å². The molecule has 0 aliphatic rings. The summed E-state index contributed by atoms with van der Waals surface area (Å²) in [6.45, 7) is 3.95. The third-order valence-electron chi connectivity index (χ3n) is 3.26. The number of nitrogens with two attached hydrogens (primary N) is 1. The average Bonchev–Trinajstić information content (AvgIpc) is 2.79. The standard InChI is InChI=1S/C12H19BrN6/c1-7-5-10(18(3)16-7)9(15-14)6-11-12(13)8(2)17-19(11)4/h5,9,15H,6,14H2,1-4H3. The molecule has 0 aliphatic carbocycles. The molecule has 0 saturated carbocycles. The van der Waals surface area contributed by atoms with E-state index in [1.54, 1.807) is 0 Å². The number of nitrogens with one attached hydrogen (secondary N) is 1. The number of hydrogen-bond acceptors (Lipinski definition) is 4. The van der Waals surface area contributed by atoms with Gasteiger partial charge in [-0.15, -0.1) is 0 Å². The molecule has 6 nitrogen and oxygen atoms in total. The highest BCUT2D eigenvalue weighted by molar-refractivity contribution is 9.10. The van der Waals surface area contributed by atoms with E-state index in [-0.39, 0.29) is 6.04 Å². The predicted octanol–water partition coefficient (Wildman–Crippen LogP) is 1.28. The van der Waals surface area contributed by atoms with E-state index < -0.39 is 0 Å². The molecule has 0 amide bonds. The number of halogens is 1. The van der Waals surface area contributed by atoms with E-state index in [4.69, 9.17) is 5.84 Å². The van der Waals surface area contributed by atoms with Crippen LogP contribution >= 0.6 is 15.9 Å². The fourth-order valence-electron chi connectivity index (χ4n) is 2.30. The summed E-state index contributed by atoms with van der Waals surface area (Å²) < 4.78 is 4.78. The Morgan fingerprint density at radius 2 is 2.00 bits per heavy atom. The lowest BCUT2D eigenvalue weighted by atomic mass is 10.1. The molecule has 3 N–H and O–H groups in total. The van der Waals surface area contributed by atoms with Crippen LogP contribution in [-0.4, -0.2) is 19.6 Å². The minimum absolute atomic E-state index is 0.00250. The molecule has 1 atom stereocenters. The number of nitrogens with zero attached hydrogens (tertiary/aromatic N) is 4. The summed E-state index contributed by atoms with van der Waals surface area (Å²) in [6, 6.07) is 2.04. The quantitative estimate of drug-likeness (QED) is 0.655. The van der Waals surface area contributed by atoms with Gasteiger partial charge in [0.1, 0.15) is 0 Å². The van der Waals surface area contributed by atoms with Crippen molar-refractivity contribution < 1.29 is 0 Å². The first-order valence-electron chi connectivity index (χ1n) is 6.08. The lowest BCUT2D eigenvalue weighted by molar-refractivity contribution is 0.493. The second-order valence-corrected chi connectivity index (χ2v) is 5.52. The lowest BCUT2D eigenvalue weighted by Gasteiger charge is -2.16. The second-order valence-electron chi connectivity index (χ2n) is 4.73. The van der Waals surface area contributed by atoms with Crippen molar-refractivity contribution in [3.05, 3.63) is 33.3 Å². The maximum absolute atomic E-state index is 5.70. The van der Waals surface area contributed by atoms with Gasteiger partial charge in [0, 0.05) is 20.5 Å². The molecule has 0 bridgehead atoms. The fraction of sp³-hybridized carbons (Fsp3) is 0.500. The van der Waals surface area contributed by atoms with E-state index in [0.29, 0.717) is 0 Å². The van der Waals surface area contributed by atoms with Gasteiger partial charge >= 0.3 is 0 Å². The van der Waals surface area contributed by atoms with E-state index in [1.807, 2.05) is 43.4 Å². The third kappa shape index (κ3) is 2.72. The van der Waals surface area contributed by atoms with Crippen LogP contribution in [0.25, 0.3) is 0 Å². The number of hydrogen-bond donors (Lipinski definition) is 2. The molecular formula is C12H19BrN6. The maximum atomic E-state index is 5.70. The van der Waals surface area contributed by atoms with E-state index in [9.17, 15) is 0 Å². The summed E-state index contributed by atoms with van der Waals surface area (Å²) in [5, 5.41) is 8.76. The summed E-state index contributed by atoms with van der Waals surface area (Å²) >= 11 is 3.58. The van der Waals surface area contributed by atoms with Crippen LogP contribution in [0.1, 0.15) is 28.8 Å². The lowest BCUT2D eigenvalue weighted by Crippen LogP contribution is -2.31. The molecule has 0 aromatic carbocycles. The van der Waals surface area contributed by atoms with Crippen molar-refractivity contribution >= 4 is 15.9 Å². The largest absolute Gasteiger partial charge is 0.271 e. The van der Waals surface area contributed by atoms with E-state index in [0.717, 1.165) is 33.7 Å². The van der Waals surface area contributed by atoms with Gasteiger partial charge in [0.15, 0.2) is 0 Å². The highest BCUT2D eigenvalue weighted by atomic mass is 79.9. The maximum Gasteiger partial charge on any atom is 0.0738 e. The topological polar surface area (TPSA) is 73.7 Å². The Bertz CT molecular complexity index is 585. The van der Waals surface area contributed by atoms with Crippen molar-refractivity contribution in [2.75, 3.05) is 0 Å². The van der Waals surface area contributed by atoms with Crippen molar-refractivity contribution in [2.24, 2.45) is 19.9 Å². The van der Waals surface area contributed by atoms with Crippen LogP contribution in [0.2, 0.25) is 0 Å². The number of rotatable bonds is 4. The molecule has 2 rings (SSSR count). The Morgan fingerprint density at radius 1 is 1.32 bits per heavy atom. The second kappa shape index (κ2) is 5.44. The minimum atomic E-state index is -0.00250. The van der Waals surface area contributed by atoms with Gasteiger partial charge in [-0.2, -0.15) is 10.2 Å². The SMILES string of the molecule is Cc1cc(C(Cc2c(Br)c(C)nn2C)NN)n(C)n1. The molecular weight excluding hydrogens is 308 g/mol. The third-order valence-corrected chi connectivity index (χ3v) is 4.29. The fourth-order valence-corrected chi connectivity index (χ4v) is 2.80. The number of aryl methyl sites for hydroxylation is 4. The Labute approximate surface area is 121 Å². The van der Waals surface area contributed by atoms with Crippen LogP contribution in [-0.2, 0) is 20.5 Å². The summed E-state index contributed by atoms with van der Waals surface area (Å²) in [7, 11) is 3.87. The van der Waals surface area contributed by atoms with Crippen LogP contribution < -0.4 is 11.3 Å². The van der Waals surface area contributed by atoms with Gasteiger partial charge in [-0.25, -0.2) is 0 Å². The van der Waals surface area contributed by atoms with Crippen LogP contribution in [0.5, 0.6) is 0 Å². The molecule has 104 valence electrons. The Morgan fingerprint density at radius 3 is 2.42 bits per heavy atom. The predicted molar refractivity (Wildman–Crippen MR) is 77.4 cm³/mol. The highest BCUT2D eigenvalue weighted by Crippen LogP contribution is 2.25. The Kier molecular flexibility index (Phi) is 4.07. The monoisotopic (exact) mass is 326 g/mol. The smallest absolute Gasteiger partial charge is 0.0738 e. The molecule has 0 aliphatic heterocycles. The summed E-state index contributed by atoms with van der Waals surface area (Å²) in [6.07, 6.45) is 0.743. The van der Waals surface area contributed by atoms with Crippen LogP contribution in [0, 0.1) is 13.8 Å². The van der Waals surface area contributed by atoms with Gasteiger partial charge in [-0.1, -0.05) is 0 Å². The van der Waals surface area contributed by atoms with E-state index in [2.05, 4.69) is 31.6 Å². The first-order valence-corrected chi connectivity index (χ1v) is 6.88.